The maximum absolute atomic E-state index is 13.9. The maximum atomic E-state index is 13.9. The first-order valence-corrected chi connectivity index (χ1v) is 7.61. The molecule has 1 saturated heterocycles. The summed E-state index contributed by atoms with van der Waals surface area (Å²) >= 11 is 0. The van der Waals surface area contributed by atoms with E-state index in [0.717, 1.165) is 60.8 Å². The second-order valence-corrected chi connectivity index (χ2v) is 5.80. The molecule has 2 aliphatic rings. The topological polar surface area (TPSA) is 52.8 Å². The van der Waals surface area contributed by atoms with Gasteiger partial charge in [-0.1, -0.05) is 6.07 Å². The number of hydrogen-bond donors (Lipinski definition) is 0. The van der Waals surface area contributed by atoms with E-state index in [0.29, 0.717) is 0 Å². The van der Waals surface area contributed by atoms with Crippen LogP contribution < -0.4 is 4.90 Å². The molecule has 5 heteroatoms. The standard InChI is InChI=1S/C17H15FN4/c18-14-9-11(5-6-12(14)10-19)16-13-3-1-4-15(13)20-17(21-16)22-7-2-8-22/h5-6,9H,1-4,7-8H2. The Labute approximate surface area is 128 Å². The van der Waals surface area contributed by atoms with Gasteiger partial charge in [0.15, 0.2) is 0 Å². The van der Waals surface area contributed by atoms with Crippen molar-refractivity contribution in [3.63, 3.8) is 0 Å². The average molecular weight is 294 g/mol. The van der Waals surface area contributed by atoms with E-state index in [4.69, 9.17) is 10.2 Å². The summed E-state index contributed by atoms with van der Waals surface area (Å²) in [6, 6.07) is 6.58. The lowest BCUT2D eigenvalue weighted by Crippen LogP contribution is -2.38. The molecule has 0 atom stereocenters. The first-order chi connectivity index (χ1) is 10.8. The molecule has 0 amide bonds. The van der Waals surface area contributed by atoms with Gasteiger partial charge in [-0.2, -0.15) is 5.26 Å². The number of aromatic nitrogens is 2. The smallest absolute Gasteiger partial charge is 0.226 e. The summed E-state index contributed by atoms with van der Waals surface area (Å²) in [5.74, 6) is 0.266. The van der Waals surface area contributed by atoms with E-state index in [1.54, 1.807) is 6.07 Å². The van der Waals surface area contributed by atoms with Crippen LogP contribution in [0.15, 0.2) is 18.2 Å². The van der Waals surface area contributed by atoms with Crippen LogP contribution in [0.2, 0.25) is 0 Å². The number of aryl methyl sites for hydroxylation is 1. The van der Waals surface area contributed by atoms with Gasteiger partial charge in [-0.25, -0.2) is 14.4 Å². The fourth-order valence-corrected chi connectivity index (χ4v) is 3.07. The van der Waals surface area contributed by atoms with E-state index >= 15 is 0 Å². The predicted octanol–water partition coefficient (Wildman–Crippen LogP) is 2.85. The molecule has 0 N–H and O–H groups in total. The molecule has 4 rings (SSSR count). The van der Waals surface area contributed by atoms with E-state index in [1.807, 2.05) is 6.07 Å². The van der Waals surface area contributed by atoms with Crippen LogP contribution >= 0.6 is 0 Å². The highest BCUT2D eigenvalue weighted by atomic mass is 19.1. The molecule has 0 radical (unpaired) electrons. The van der Waals surface area contributed by atoms with Crippen molar-refractivity contribution in [2.45, 2.75) is 25.7 Å². The van der Waals surface area contributed by atoms with Crippen molar-refractivity contribution in [3.05, 3.63) is 40.8 Å². The molecule has 0 spiro atoms. The molecule has 0 unspecified atom stereocenters. The number of nitriles is 1. The fraction of sp³-hybridized carbons (Fsp3) is 0.353. The SMILES string of the molecule is N#Cc1ccc(-c2nc(N3CCC3)nc3c2CCC3)cc1F. The quantitative estimate of drug-likeness (QED) is 0.854. The second kappa shape index (κ2) is 5.06. The Hall–Kier alpha value is -2.48. The Morgan fingerprint density at radius 3 is 2.68 bits per heavy atom. The molecule has 1 aliphatic carbocycles. The molecule has 2 aromatic rings. The van der Waals surface area contributed by atoms with Crippen molar-refractivity contribution in [3.8, 4) is 17.3 Å². The third-order valence-electron chi connectivity index (χ3n) is 4.42. The summed E-state index contributed by atoms with van der Waals surface area (Å²) in [4.78, 5) is 11.5. The predicted molar refractivity (Wildman–Crippen MR) is 81.0 cm³/mol. The zero-order valence-corrected chi connectivity index (χ0v) is 12.1. The Kier molecular flexibility index (Phi) is 3.04. The largest absolute Gasteiger partial charge is 0.341 e. The van der Waals surface area contributed by atoms with Gasteiger partial charge in [0.25, 0.3) is 0 Å². The summed E-state index contributed by atoms with van der Waals surface area (Å²) < 4.78 is 13.9. The molecule has 0 bridgehead atoms. The van der Waals surface area contributed by atoms with E-state index in [-0.39, 0.29) is 5.56 Å². The van der Waals surface area contributed by atoms with Crippen LogP contribution in [0.5, 0.6) is 0 Å². The van der Waals surface area contributed by atoms with Crippen molar-refractivity contribution in [2.75, 3.05) is 18.0 Å². The molecular formula is C17H15FN4. The molecule has 1 fully saturated rings. The highest BCUT2D eigenvalue weighted by Crippen LogP contribution is 2.33. The van der Waals surface area contributed by atoms with Crippen LogP contribution in [0.1, 0.15) is 29.7 Å². The third-order valence-corrected chi connectivity index (χ3v) is 4.42. The summed E-state index contributed by atoms with van der Waals surface area (Å²) in [5.41, 5.74) is 3.86. The minimum Gasteiger partial charge on any atom is -0.341 e. The van der Waals surface area contributed by atoms with Crippen LogP contribution in [-0.2, 0) is 12.8 Å². The lowest BCUT2D eigenvalue weighted by atomic mass is 10.0. The maximum Gasteiger partial charge on any atom is 0.226 e. The van der Waals surface area contributed by atoms with Crippen LogP contribution in [0, 0.1) is 17.1 Å². The van der Waals surface area contributed by atoms with Crippen molar-refractivity contribution in [1.82, 2.24) is 9.97 Å². The van der Waals surface area contributed by atoms with Crippen molar-refractivity contribution in [2.24, 2.45) is 0 Å². The van der Waals surface area contributed by atoms with Gasteiger partial charge in [0.2, 0.25) is 5.95 Å². The zero-order chi connectivity index (χ0) is 15.1. The first-order valence-electron chi connectivity index (χ1n) is 7.61. The normalized spacial score (nSPS) is 16.1. The zero-order valence-electron chi connectivity index (χ0n) is 12.1. The average Bonchev–Trinajstić information content (AvgIpc) is 2.93. The highest BCUT2D eigenvalue weighted by molar-refractivity contribution is 5.67. The monoisotopic (exact) mass is 294 g/mol. The summed E-state index contributed by atoms with van der Waals surface area (Å²) in [6.45, 7) is 1.97. The van der Waals surface area contributed by atoms with Gasteiger partial charge in [-0.3, -0.25) is 0 Å². The van der Waals surface area contributed by atoms with Gasteiger partial charge in [-0.15, -0.1) is 0 Å². The number of nitrogens with zero attached hydrogens (tertiary/aromatic N) is 4. The summed E-state index contributed by atoms with van der Waals surface area (Å²) in [7, 11) is 0. The van der Waals surface area contributed by atoms with Gasteiger partial charge < -0.3 is 4.90 Å². The Bertz CT molecular complexity index is 790. The van der Waals surface area contributed by atoms with Gasteiger partial charge in [0.05, 0.1) is 11.3 Å². The summed E-state index contributed by atoms with van der Waals surface area (Å²) in [6.07, 6.45) is 4.14. The second-order valence-electron chi connectivity index (χ2n) is 5.80. The lowest BCUT2D eigenvalue weighted by molar-refractivity contribution is 0.599. The van der Waals surface area contributed by atoms with Gasteiger partial charge in [0, 0.05) is 29.9 Å². The van der Waals surface area contributed by atoms with E-state index in [1.165, 1.54) is 18.6 Å². The van der Waals surface area contributed by atoms with Crippen LogP contribution in [-0.4, -0.2) is 23.1 Å². The van der Waals surface area contributed by atoms with Crippen molar-refractivity contribution >= 4 is 5.95 Å². The molecular weight excluding hydrogens is 279 g/mol. The minimum absolute atomic E-state index is 0.0671. The molecule has 4 nitrogen and oxygen atoms in total. The highest BCUT2D eigenvalue weighted by Gasteiger charge is 2.24. The third kappa shape index (κ3) is 2.03. The molecule has 1 aromatic heterocycles. The van der Waals surface area contributed by atoms with E-state index in [9.17, 15) is 4.39 Å². The van der Waals surface area contributed by atoms with Crippen molar-refractivity contribution in [1.29, 1.82) is 5.26 Å². The minimum atomic E-state index is -0.490. The van der Waals surface area contributed by atoms with Crippen molar-refractivity contribution < 1.29 is 4.39 Å². The molecule has 2 heterocycles. The Balaban J connectivity index is 1.85. The van der Waals surface area contributed by atoms with Crippen LogP contribution in [0.3, 0.4) is 0 Å². The molecule has 0 saturated carbocycles. The van der Waals surface area contributed by atoms with Gasteiger partial charge in [-0.05, 0) is 37.8 Å². The van der Waals surface area contributed by atoms with E-state index < -0.39 is 5.82 Å². The number of hydrogen-bond acceptors (Lipinski definition) is 4. The van der Waals surface area contributed by atoms with E-state index in [2.05, 4.69) is 9.88 Å². The molecule has 1 aromatic carbocycles. The number of fused-ring (bicyclic) bond motifs is 1. The Morgan fingerprint density at radius 1 is 1.14 bits per heavy atom. The molecule has 110 valence electrons. The number of rotatable bonds is 2. The molecule has 22 heavy (non-hydrogen) atoms. The lowest BCUT2D eigenvalue weighted by Gasteiger charge is -2.31. The number of benzene rings is 1. The summed E-state index contributed by atoms with van der Waals surface area (Å²) in [5, 5.41) is 8.87. The van der Waals surface area contributed by atoms with Gasteiger partial charge in [0.1, 0.15) is 11.9 Å². The van der Waals surface area contributed by atoms with Gasteiger partial charge >= 0.3 is 0 Å². The van der Waals surface area contributed by atoms with Crippen LogP contribution in [0.4, 0.5) is 10.3 Å². The first kappa shape index (κ1) is 13.2. The number of anilines is 1. The fourth-order valence-electron chi connectivity index (χ4n) is 3.07. The number of halogens is 1. The molecule has 1 aliphatic heterocycles. The Morgan fingerprint density at radius 2 is 2.00 bits per heavy atom. The van der Waals surface area contributed by atoms with Crippen LogP contribution in [0.25, 0.3) is 11.3 Å².